The minimum Gasteiger partial charge on any atom is -0.362 e. The number of anilines is 1. The average Bonchev–Trinajstić information content (AvgIpc) is 2.49. The first kappa shape index (κ1) is 21.4. The molecule has 1 aromatic rings. The van der Waals surface area contributed by atoms with Crippen LogP contribution < -0.4 is 10.6 Å². The van der Waals surface area contributed by atoms with Crippen LogP contribution in [0.15, 0.2) is 18.2 Å². The number of hydrogen-bond acceptors (Lipinski definition) is 2. The summed E-state index contributed by atoms with van der Waals surface area (Å²) in [6.07, 6.45) is 5.08. The van der Waals surface area contributed by atoms with Crippen LogP contribution in [-0.2, 0) is 4.79 Å². The highest BCUT2D eigenvalue weighted by atomic mass is 35.6. The molecule has 0 aliphatic rings. The molecule has 1 unspecified atom stereocenters. The lowest BCUT2D eigenvalue weighted by Crippen LogP contribution is -2.49. The van der Waals surface area contributed by atoms with Crippen molar-refractivity contribution in [2.24, 2.45) is 0 Å². The summed E-state index contributed by atoms with van der Waals surface area (Å²) in [6, 6.07) is 5.97. The van der Waals surface area contributed by atoms with Crippen molar-refractivity contribution < 1.29 is 4.79 Å². The number of alkyl halides is 3. The molecule has 136 valence electrons. The number of halogens is 3. The Balaban J connectivity index is 2.63. The maximum absolute atomic E-state index is 12.1. The monoisotopic (exact) mass is 392 g/mol. The Kier molecular flexibility index (Phi) is 9.25. The van der Waals surface area contributed by atoms with E-state index in [-0.39, 0.29) is 5.91 Å². The molecule has 1 atom stereocenters. The minimum atomic E-state index is -1.64. The maximum atomic E-state index is 12.1. The lowest BCUT2D eigenvalue weighted by molar-refractivity contribution is -0.121. The highest BCUT2D eigenvalue weighted by molar-refractivity contribution is 6.68. The van der Waals surface area contributed by atoms with E-state index in [1.165, 1.54) is 12.8 Å². The van der Waals surface area contributed by atoms with Crippen molar-refractivity contribution in [1.82, 2.24) is 5.32 Å². The molecule has 3 nitrogen and oxygen atoms in total. The number of hydrogen-bond donors (Lipinski definition) is 2. The third-order valence-corrected chi connectivity index (χ3v) is 4.49. The Bertz CT molecular complexity index is 529. The second-order valence-electron chi connectivity index (χ2n) is 6.17. The van der Waals surface area contributed by atoms with Crippen LogP contribution >= 0.6 is 34.8 Å². The van der Waals surface area contributed by atoms with E-state index in [9.17, 15) is 4.79 Å². The quantitative estimate of drug-likeness (QED) is 0.312. The molecule has 0 heterocycles. The van der Waals surface area contributed by atoms with E-state index in [1.54, 1.807) is 0 Å². The van der Waals surface area contributed by atoms with Crippen LogP contribution in [0.1, 0.15) is 56.6 Å². The number of rotatable bonds is 9. The van der Waals surface area contributed by atoms with Crippen LogP contribution in [0.25, 0.3) is 0 Å². The van der Waals surface area contributed by atoms with Gasteiger partial charge in [0.25, 0.3) is 0 Å². The van der Waals surface area contributed by atoms with Gasteiger partial charge in [0.1, 0.15) is 6.17 Å². The Labute approximate surface area is 160 Å². The van der Waals surface area contributed by atoms with E-state index in [2.05, 4.69) is 17.6 Å². The van der Waals surface area contributed by atoms with Crippen LogP contribution in [0.2, 0.25) is 0 Å². The Morgan fingerprint density at radius 2 is 1.79 bits per heavy atom. The molecule has 0 spiro atoms. The SMILES string of the molecule is CCCCCCCC(=O)NC(Nc1cc(C)ccc1C)C(Cl)(Cl)Cl. The predicted molar refractivity (Wildman–Crippen MR) is 105 cm³/mol. The average molecular weight is 394 g/mol. The number of amides is 1. The third-order valence-electron chi connectivity index (χ3n) is 3.83. The van der Waals surface area contributed by atoms with Gasteiger partial charge in [0, 0.05) is 12.1 Å². The normalized spacial score (nSPS) is 12.8. The van der Waals surface area contributed by atoms with Gasteiger partial charge in [-0.3, -0.25) is 4.79 Å². The van der Waals surface area contributed by atoms with Crippen LogP contribution in [0.4, 0.5) is 5.69 Å². The fourth-order valence-electron chi connectivity index (χ4n) is 2.37. The van der Waals surface area contributed by atoms with Crippen molar-refractivity contribution in [3.05, 3.63) is 29.3 Å². The van der Waals surface area contributed by atoms with Crippen molar-refractivity contribution in [2.75, 3.05) is 5.32 Å². The molecule has 1 aromatic carbocycles. The summed E-state index contributed by atoms with van der Waals surface area (Å²) in [7, 11) is 0. The zero-order valence-electron chi connectivity index (χ0n) is 14.6. The second-order valence-corrected chi connectivity index (χ2v) is 8.54. The molecule has 0 aliphatic carbocycles. The lowest BCUT2D eigenvalue weighted by atomic mass is 10.1. The zero-order chi connectivity index (χ0) is 18.2. The van der Waals surface area contributed by atoms with Gasteiger partial charge in [0.05, 0.1) is 0 Å². The first-order chi connectivity index (χ1) is 11.2. The lowest BCUT2D eigenvalue weighted by Gasteiger charge is -2.28. The summed E-state index contributed by atoms with van der Waals surface area (Å²) in [5.74, 6) is -0.111. The fraction of sp³-hybridized carbons (Fsp3) is 0.611. The standard InChI is InChI=1S/C18H27Cl3N2O/c1-4-5-6-7-8-9-16(24)23-17(18(19,20)21)22-15-12-13(2)10-11-14(15)3/h10-12,17,22H,4-9H2,1-3H3,(H,23,24). The number of carbonyl (C=O) groups excluding carboxylic acids is 1. The summed E-state index contributed by atoms with van der Waals surface area (Å²) in [4.78, 5) is 12.1. The summed E-state index contributed by atoms with van der Waals surface area (Å²) in [6.45, 7) is 6.12. The number of carbonyl (C=O) groups is 1. The minimum absolute atomic E-state index is 0.111. The van der Waals surface area contributed by atoms with Gasteiger partial charge in [-0.05, 0) is 37.5 Å². The number of aryl methyl sites for hydroxylation is 2. The van der Waals surface area contributed by atoms with Crippen LogP contribution in [0.5, 0.6) is 0 Å². The van der Waals surface area contributed by atoms with E-state index in [1.807, 2.05) is 32.0 Å². The Hall–Kier alpha value is -0.640. The molecule has 1 rings (SSSR count). The van der Waals surface area contributed by atoms with Crippen molar-refractivity contribution in [3.63, 3.8) is 0 Å². The summed E-state index contributed by atoms with van der Waals surface area (Å²) in [5.41, 5.74) is 2.96. The molecule has 0 saturated carbocycles. The van der Waals surface area contributed by atoms with Gasteiger partial charge in [-0.15, -0.1) is 0 Å². The van der Waals surface area contributed by atoms with Crippen molar-refractivity contribution >= 4 is 46.4 Å². The number of nitrogens with one attached hydrogen (secondary N) is 2. The summed E-state index contributed by atoms with van der Waals surface area (Å²) >= 11 is 18.1. The highest BCUT2D eigenvalue weighted by Gasteiger charge is 2.34. The molecule has 6 heteroatoms. The van der Waals surface area contributed by atoms with Gasteiger partial charge in [-0.25, -0.2) is 0 Å². The molecule has 0 radical (unpaired) electrons. The van der Waals surface area contributed by atoms with Crippen molar-refractivity contribution in [3.8, 4) is 0 Å². The predicted octanol–water partition coefficient (Wildman–Crippen LogP) is 5.89. The highest BCUT2D eigenvalue weighted by Crippen LogP contribution is 2.32. The largest absolute Gasteiger partial charge is 0.362 e. The third kappa shape index (κ3) is 7.96. The molecule has 0 saturated heterocycles. The topological polar surface area (TPSA) is 41.1 Å². The van der Waals surface area contributed by atoms with Crippen LogP contribution in [-0.4, -0.2) is 15.9 Å². The maximum Gasteiger partial charge on any atom is 0.228 e. The van der Waals surface area contributed by atoms with Crippen LogP contribution in [0.3, 0.4) is 0 Å². The molecular weight excluding hydrogens is 367 g/mol. The van der Waals surface area contributed by atoms with Gasteiger partial charge in [-0.1, -0.05) is 79.5 Å². The molecule has 1 amide bonds. The van der Waals surface area contributed by atoms with E-state index >= 15 is 0 Å². The fourth-order valence-corrected chi connectivity index (χ4v) is 2.70. The Morgan fingerprint density at radius 1 is 1.12 bits per heavy atom. The van der Waals surface area contributed by atoms with E-state index in [0.717, 1.165) is 36.1 Å². The molecule has 0 bridgehead atoms. The number of unbranched alkanes of at least 4 members (excludes halogenated alkanes) is 4. The van der Waals surface area contributed by atoms with Gasteiger partial charge < -0.3 is 10.6 Å². The number of benzene rings is 1. The zero-order valence-corrected chi connectivity index (χ0v) is 16.9. The summed E-state index contributed by atoms with van der Waals surface area (Å²) in [5, 5.41) is 5.94. The molecule has 2 N–H and O–H groups in total. The van der Waals surface area contributed by atoms with Gasteiger partial charge in [-0.2, -0.15) is 0 Å². The van der Waals surface area contributed by atoms with Gasteiger partial charge >= 0.3 is 0 Å². The molecule has 0 aromatic heterocycles. The molecule has 0 fully saturated rings. The van der Waals surface area contributed by atoms with E-state index < -0.39 is 9.96 Å². The molecular formula is C18H27Cl3N2O. The van der Waals surface area contributed by atoms with Gasteiger partial charge in [0.15, 0.2) is 0 Å². The van der Waals surface area contributed by atoms with Crippen LogP contribution in [0, 0.1) is 13.8 Å². The molecule has 24 heavy (non-hydrogen) atoms. The first-order valence-corrected chi connectivity index (χ1v) is 9.57. The van der Waals surface area contributed by atoms with E-state index in [4.69, 9.17) is 34.8 Å². The van der Waals surface area contributed by atoms with Gasteiger partial charge in [0.2, 0.25) is 9.70 Å². The van der Waals surface area contributed by atoms with Crippen molar-refractivity contribution in [2.45, 2.75) is 69.3 Å². The summed E-state index contributed by atoms with van der Waals surface area (Å²) < 4.78 is -1.64. The molecule has 0 aliphatic heterocycles. The smallest absolute Gasteiger partial charge is 0.228 e. The first-order valence-electron chi connectivity index (χ1n) is 8.44. The van der Waals surface area contributed by atoms with Crippen molar-refractivity contribution in [1.29, 1.82) is 0 Å². The Morgan fingerprint density at radius 3 is 2.42 bits per heavy atom. The second kappa shape index (κ2) is 10.4. The van der Waals surface area contributed by atoms with E-state index in [0.29, 0.717) is 6.42 Å².